The highest BCUT2D eigenvalue weighted by Crippen LogP contribution is 2.16. The first-order chi connectivity index (χ1) is 11.1. The fraction of sp³-hybridized carbons (Fsp3) is 0.588. The third kappa shape index (κ3) is 5.27. The van der Waals surface area contributed by atoms with Crippen molar-refractivity contribution in [1.29, 1.82) is 0 Å². The maximum atomic E-state index is 13.7. The monoisotopic (exact) mass is 452 g/mol. The molecule has 0 bridgehead atoms. The standard InChI is InChI=1S/C17H26F2N4.HI/c1-4-22(5-2)15-8-9-23(12-15)17(20-3)21-11-13-10-14(18)6-7-16(13)19;/h6-7,10,15H,4-5,8-9,11-12H2,1-3H3,(H,20,21);1H. The molecule has 1 N–H and O–H groups in total. The van der Waals surface area contributed by atoms with E-state index in [9.17, 15) is 8.78 Å². The third-order valence-corrected chi connectivity index (χ3v) is 4.45. The zero-order chi connectivity index (χ0) is 16.8. The summed E-state index contributed by atoms with van der Waals surface area (Å²) in [6.45, 7) is 8.48. The van der Waals surface area contributed by atoms with Crippen molar-refractivity contribution in [1.82, 2.24) is 15.1 Å². The number of likely N-dealkylation sites (N-methyl/N-ethyl adjacent to an activating group) is 1. The molecule has 2 rings (SSSR count). The zero-order valence-electron chi connectivity index (χ0n) is 14.6. The van der Waals surface area contributed by atoms with E-state index in [2.05, 4.69) is 34.0 Å². The Hall–Kier alpha value is -0.960. The summed E-state index contributed by atoms with van der Waals surface area (Å²) < 4.78 is 26.9. The minimum Gasteiger partial charge on any atom is -0.352 e. The van der Waals surface area contributed by atoms with E-state index < -0.39 is 11.6 Å². The lowest BCUT2D eigenvalue weighted by atomic mass is 10.2. The molecule has 7 heteroatoms. The van der Waals surface area contributed by atoms with Gasteiger partial charge in [0.2, 0.25) is 0 Å². The molecule has 24 heavy (non-hydrogen) atoms. The summed E-state index contributed by atoms with van der Waals surface area (Å²) in [7, 11) is 1.72. The van der Waals surface area contributed by atoms with Crippen molar-refractivity contribution in [2.75, 3.05) is 33.2 Å². The molecule has 0 aromatic heterocycles. The van der Waals surface area contributed by atoms with Gasteiger partial charge in [-0.15, -0.1) is 24.0 Å². The summed E-state index contributed by atoms with van der Waals surface area (Å²) in [6.07, 6.45) is 1.09. The highest BCUT2D eigenvalue weighted by atomic mass is 127. The molecule has 1 aromatic rings. The Bertz CT molecular complexity index is 549. The summed E-state index contributed by atoms with van der Waals surface area (Å²) in [5.41, 5.74) is 0.311. The number of benzene rings is 1. The average Bonchev–Trinajstić information content (AvgIpc) is 3.02. The van der Waals surface area contributed by atoms with Crippen LogP contribution < -0.4 is 5.32 Å². The second kappa shape index (κ2) is 10.1. The maximum absolute atomic E-state index is 13.7. The summed E-state index contributed by atoms with van der Waals surface area (Å²) in [6, 6.07) is 4.03. The topological polar surface area (TPSA) is 30.9 Å². The molecule has 0 amide bonds. The van der Waals surface area contributed by atoms with Crippen LogP contribution in [-0.2, 0) is 6.54 Å². The van der Waals surface area contributed by atoms with Crippen molar-refractivity contribution < 1.29 is 8.78 Å². The third-order valence-electron chi connectivity index (χ3n) is 4.45. The number of guanidine groups is 1. The van der Waals surface area contributed by atoms with E-state index in [4.69, 9.17) is 0 Å². The Kier molecular flexibility index (Phi) is 8.90. The van der Waals surface area contributed by atoms with E-state index in [1.807, 2.05) is 0 Å². The molecule has 0 radical (unpaired) electrons. The molecule has 1 saturated heterocycles. The fourth-order valence-corrected chi connectivity index (χ4v) is 3.16. The molecule has 0 aliphatic carbocycles. The van der Waals surface area contributed by atoms with Crippen LogP contribution in [-0.4, -0.2) is 55.0 Å². The largest absolute Gasteiger partial charge is 0.352 e. The smallest absolute Gasteiger partial charge is 0.193 e. The van der Waals surface area contributed by atoms with Gasteiger partial charge in [0, 0.05) is 38.3 Å². The number of halogens is 3. The van der Waals surface area contributed by atoms with Crippen LogP contribution in [0.2, 0.25) is 0 Å². The molecule has 1 fully saturated rings. The highest BCUT2D eigenvalue weighted by molar-refractivity contribution is 14.0. The first kappa shape index (κ1) is 21.1. The van der Waals surface area contributed by atoms with Crippen molar-refractivity contribution in [2.45, 2.75) is 32.9 Å². The molecule has 1 heterocycles. The SMILES string of the molecule is CCN(CC)C1CCN(C(=NC)NCc2cc(F)ccc2F)C1.I. The van der Waals surface area contributed by atoms with Gasteiger partial charge in [-0.3, -0.25) is 9.89 Å². The second-order valence-corrected chi connectivity index (χ2v) is 5.75. The van der Waals surface area contributed by atoms with Gasteiger partial charge in [0.1, 0.15) is 11.6 Å². The number of nitrogens with one attached hydrogen (secondary N) is 1. The van der Waals surface area contributed by atoms with Gasteiger partial charge in [-0.2, -0.15) is 0 Å². The van der Waals surface area contributed by atoms with Crippen LogP contribution >= 0.6 is 24.0 Å². The first-order valence-electron chi connectivity index (χ1n) is 8.22. The molecule has 1 unspecified atom stereocenters. The molecule has 1 aromatic carbocycles. The molecule has 1 aliphatic rings. The van der Waals surface area contributed by atoms with E-state index in [0.29, 0.717) is 11.6 Å². The van der Waals surface area contributed by atoms with Gasteiger partial charge in [-0.1, -0.05) is 13.8 Å². The van der Waals surface area contributed by atoms with Crippen LogP contribution in [0.15, 0.2) is 23.2 Å². The summed E-state index contributed by atoms with van der Waals surface area (Å²) >= 11 is 0. The van der Waals surface area contributed by atoms with Crippen LogP contribution in [0.4, 0.5) is 8.78 Å². The number of likely N-dealkylation sites (tertiary alicyclic amines) is 1. The lowest BCUT2D eigenvalue weighted by Crippen LogP contribution is -2.43. The molecule has 1 aliphatic heterocycles. The van der Waals surface area contributed by atoms with E-state index in [-0.39, 0.29) is 30.5 Å². The Morgan fingerprint density at radius 3 is 2.67 bits per heavy atom. The van der Waals surface area contributed by atoms with Crippen molar-refractivity contribution in [3.63, 3.8) is 0 Å². The Labute approximate surface area is 160 Å². The van der Waals surface area contributed by atoms with E-state index in [0.717, 1.165) is 50.7 Å². The highest BCUT2D eigenvalue weighted by Gasteiger charge is 2.27. The summed E-state index contributed by atoms with van der Waals surface area (Å²) in [5.74, 6) is -0.0962. The molecule has 136 valence electrons. The number of rotatable bonds is 5. The zero-order valence-corrected chi connectivity index (χ0v) is 16.9. The van der Waals surface area contributed by atoms with Gasteiger partial charge >= 0.3 is 0 Å². The second-order valence-electron chi connectivity index (χ2n) is 5.75. The Morgan fingerprint density at radius 2 is 2.04 bits per heavy atom. The normalized spacial score (nSPS) is 18.0. The first-order valence-corrected chi connectivity index (χ1v) is 8.22. The van der Waals surface area contributed by atoms with E-state index in [1.54, 1.807) is 7.05 Å². The van der Waals surface area contributed by atoms with Gasteiger partial charge in [-0.05, 0) is 37.7 Å². The van der Waals surface area contributed by atoms with Gasteiger partial charge in [0.05, 0.1) is 0 Å². The van der Waals surface area contributed by atoms with Crippen molar-refractivity contribution in [2.24, 2.45) is 4.99 Å². The van der Waals surface area contributed by atoms with Crippen molar-refractivity contribution in [3.8, 4) is 0 Å². The van der Waals surface area contributed by atoms with Crippen LogP contribution in [0.5, 0.6) is 0 Å². The maximum Gasteiger partial charge on any atom is 0.193 e. The van der Waals surface area contributed by atoms with Crippen molar-refractivity contribution >= 4 is 29.9 Å². The molecule has 4 nitrogen and oxygen atoms in total. The predicted octanol–water partition coefficient (Wildman–Crippen LogP) is 3.07. The quantitative estimate of drug-likeness (QED) is 0.424. The Morgan fingerprint density at radius 1 is 1.33 bits per heavy atom. The van der Waals surface area contributed by atoms with E-state index in [1.165, 1.54) is 6.07 Å². The predicted molar refractivity (Wildman–Crippen MR) is 105 cm³/mol. The number of aliphatic imine (C=N–C) groups is 1. The number of hydrogen-bond acceptors (Lipinski definition) is 2. The summed E-state index contributed by atoms with van der Waals surface area (Å²) in [4.78, 5) is 8.90. The number of nitrogens with zero attached hydrogens (tertiary/aromatic N) is 3. The van der Waals surface area contributed by atoms with E-state index >= 15 is 0 Å². The Balaban J connectivity index is 0.00000288. The fourth-order valence-electron chi connectivity index (χ4n) is 3.16. The molecule has 1 atom stereocenters. The lowest BCUT2D eigenvalue weighted by molar-refractivity contribution is 0.223. The van der Waals surface area contributed by atoms with Crippen LogP contribution in [0, 0.1) is 11.6 Å². The lowest BCUT2D eigenvalue weighted by Gasteiger charge is -2.27. The van der Waals surface area contributed by atoms with Gasteiger partial charge in [-0.25, -0.2) is 8.78 Å². The molecular formula is C17H27F2IN4. The molecular weight excluding hydrogens is 425 g/mol. The van der Waals surface area contributed by atoms with Crippen molar-refractivity contribution in [3.05, 3.63) is 35.4 Å². The summed E-state index contributed by atoms with van der Waals surface area (Å²) in [5, 5.41) is 3.14. The van der Waals surface area contributed by atoms with Crippen LogP contribution in [0.25, 0.3) is 0 Å². The minimum atomic E-state index is -0.430. The molecule has 0 saturated carbocycles. The number of hydrogen-bond donors (Lipinski definition) is 1. The van der Waals surface area contributed by atoms with Crippen LogP contribution in [0.3, 0.4) is 0 Å². The molecule has 0 spiro atoms. The van der Waals surface area contributed by atoms with Crippen LogP contribution in [0.1, 0.15) is 25.8 Å². The average molecular weight is 452 g/mol. The van der Waals surface area contributed by atoms with Gasteiger partial charge in [0.25, 0.3) is 0 Å². The minimum absolute atomic E-state index is 0. The van der Waals surface area contributed by atoms with Gasteiger partial charge < -0.3 is 10.2 Å². The van der Waals surface area contributed by atoms with Gasteiger partial charge in [0.15, 0.2) is 5.96 Å².